The van der Waals surface area contributed by atoms with Crippen LogP contribution in [0.2, 0.25) is 0 Å². The first-order chi connectivity index (χ1) is 7.58. The highest BCUT2D eigenvalue weighted by Gasteiger charge is 2.13. The van der Waals surface area contributed by atoms with Crippen molar-refractivity contribution < 1.29 is 18.7 Å². The molecule has 0 spiro atoms. The fraction of sp³-hybridized carbons (Fsp3) is 0. The number of carboxylic acid groups (broad SMARTS) is 1. The number of thiazole rings is 1. The molecule has 0 saturated heterocycles. The van der Waals surface area contributed by atoms with Gasteiger partial charge in [-0.15, -0.1) is 11.3 Å². The normalized spacial score (nSPS) is 10.4. The van der Waals surface area contributed by atoms with Crippen LogP contribution in [0.4, 0.5) is 8.78 Å². The number of carboxylic acids is 1. The van der Waals surface area contributed by atoms with Gasteiger partial charge >= 0.3 is 5.97 Å². The average molecular weight is 241 g/mol. The quantitative estimate of drug-likeness (QED) is 0.879. The van der Waals surface area contributed by atoms with Gasteiger partial charge in [-0.3, -0.25) is 0 Å². The molecular formula is C10H5F2NO2S. The lowest BCUT2D eigenvalue weighted by Gasteiger charge is -1.97. The molecule has 0 aliphatic carbocycles. The monoisotopic (exact) mass is 241 g/mol. The van der Waals surface area contributed by atoms with Crippen molar-refractivity contribution in [1.29, 1.82) is 0 Å². The number of halogens is 2. The summed E-state index contributed by atoms with van der Waals surface area (Å²) in [5, 5.41) is 8.89. The van der Waals surface area contributed by atoms with Crippen molar-refractivity contribution >= 4 is 17.3 Å². The number of hydrogen-bond acceptors (Lipinski definition) is 3. The molecule has 0 aliphatic heterocycles. The van der Waals surface area contributed by atoms with Crippen LogP contribution in [-0.4, -0.2) is 16.1 Å². The lowest BCUT2D eigenvalue weighted by Crippen LogP contribution is -1.89. The number of aromatic carboxylic acids is 1. The third kappa shape index (κ3) is 1.92. The van der Waals surface area contributed by atoms with Gasteiger partial charge in [0.2, 0.25) is 0 Å². The van der Waals surface area contributed by atoms with Gasteiger partial charge in [-0.1, -0.05) is 0 Å². The summed E-state index contributed by atoms with van der Waals surface area (Å²) < 4.78 is 26.0. The molecule has 0 unspecified atom stereocenters. The Balaban J connectivity index is 2.46. The number of rotatable bonds is 2. The predicted molar refractivity (Wildman–Crippen MR) is 54.4 cm³/mol. The van der Waals surface area contributed by atoms with Crippen LogP contribution in [0.1, 0.15) is 9.67 Å². The first-order valence-corrected chi connectivity index (χ1v) is 5.04. The molecule has 0 fully saturated rings. The molecule has 82 valence electrons. The lowest BCUT2D eigenvalue weighted by molar-refractivity contribution is 0.0702. The Morgan fingerprint density at radius 3 is 2.69 bits per heavy atom. The van der Waals surface area contributed by atoms with Crippen molar-refractivity contribution in [3.8, 4) is 10.6 Å². The largest absolute Gasteiger partial charge is 0.477 e. The van der Waals surface area contributed by atoms with Crippen LogP contribution in [0.15, 0.2) is 24.4 Å². The highest BCUT2D eigenvalue weighted by Crippen LogP contribution is 2.27. The smallest absolute Gasteiger partial charge is 0.347 e. The molecule has 0 saturated carbocycles. The molecule has 16 heavy (non-hydrogen) atoms. The highest BCUT2D eigenvalue weighted by molar-refractivity contribution is 7.16. The van der Waals surface area contributed by atoms with Gasteiger partial charge < -0.3 is 5.11 Å². The van der Waals surface area contributed by atoms with Gasteiger partial charge in [0.05, 0.1) is 6.20 Å². The van der Waals surface area contributed by atoms with E-state index in [0.29, 0.717) is 0 Å². The zero-order valence-corrected chi connectivity index (χ0v) is 8.59. The number of benzene rings is 1. The Labute approximate surface area is 93.0 Å². The predicted octanol–water partition coefficient (Wildman–Crippen LogP) is 2.79. The van der Waals surface area contributed by atoms with Gasteiger partial charge in [0.25, 0.3) is 0 Å². The van der Waals surface area contributed by atoms with E-state index in [1.807, 2.05) is 0 Å². The third-order valence-electron chi connectivity index (χ3n) is 1.88. The van der Waals surface area contributed by atoms with Crippen molar-refractivity contribution in [2.75, 3.05) is 0 Å². The van der Waals surface area contributed by atoms with Gasteiger partial charge in [-0.25, -0.2) is 18.6 Å². The number of nitrogens with zero attached hydrogens (tertiary/aromatic N) is 1. The Morgan fingerprint density at radius 1 is 1.38 bits per heavy atom. The second kappa shape index (κ2) is 3.97. The van der Waals surface area contributed by atoms with Gasteiger partial charge in [-0.2, -0.15) is 0 Å². The summed E-state index contributed by atoms with van der Waals surface area (Å²) in [6.45, 7) is 0. The molecule has 2 rings (SSSR count). The molecule has 0 radical (unpaired) electrons. The Bertz CT molecular complexity index is 554. The molecule has 0 atom stereocenters. The summed E-state index contributed by atoms with van der Waals surface area (Å²) in [5.41, 5.74) is 0.0962. The lowest BCUT2D eigenvalue weighted by atomic mass is 10.2. The van der Waals surface area contributed by atoms with Crippen LogP contribution in [0, 0.1) is 11.6 Å². The molecule has 1 N–H and O–H groups in total. The minimum Gasteiger partial charge on any atom is -0.477 e. The molecule has 1 aromatic carbocycles. The summed E-state index contributed by atoms with van der Waals surface area (Å²) in [5.74, 6) is -2.56. The van der Waals surface area contributed by atoms with Crippen molar-refractivity contribution in [3.05, 3.63) is 40.9 Å². The van der Waals surface area contributed by atoms with E-state index in [4.69, 9.17) is 5.11 Å². The van der Waals surface area contributed by atoms with Crippen LogP contribution in [0.3, 0.4) is 0 Å². The Hall–Kier alpha value is -1.82. The van der Waals surface area contributed by atoms with Crippen LogP contribution < -0.4 is 0 Å². The zero-order valence-electron chi connectivity index (χ0n) is 7.78. The van der Waals surface area contributed by atoms with E-state index < -0.39 is 17.6 Å². The molecule has 3 nitrogen and oxygen atoms in total. The molecular weight excluding hydrogens is 236 g/mol. The van der Waals surface area contributed by atoms with Gasteiger partial charge in [0, 0.05) is 11.6 Å². The molecule has 6 heteroatoms. The van der Waals surface area contributed by atoms with E-state index in [1.165, 1.54) is 6.07 Å². The third-order valence-corrected chi connectivity index (χ3v) is 2.90. The first-order valence-electron chi connectivity index (χ1n) is 4.22. The second-order valence-corrected chi connectivity index (χ2v) is 3.99. The van der Waals surface area contributed by atoms with E-state index in [9.17, 15) is 13.6 Å². The van der Waals surface area contributed by atoms with E-state index in [-0.39, 0.29) is 15.4 Å². The molecule has 2 aromatic rings. The Morgan fingerprint density at radius 2 is 2.12 bits per heavy atom. The molecule has 0 bridgehead atoms. The maximum Gasteiger partial charge on any atom is 0.347 e. The van der Waals surface area contributed by atoms with Crippen molar-refractivity contribution in [3.63, 3.8) is 0 Å². The number of aromatic nitrogens is 1. The summed E-state index contributed by atoms with van der Waals surface area (Å²) in [7, 11) is 0. The maximum atomic E-state index is 13.3. The second-order valence-electron chi connectivity index (χ2n) is 2.96. The molecule has 0 aliphatic rings. The summed E-state index contributed by atoms with van der Waals surface area (Å²) in [6.07, 6.45) is 1.14. The van der Waals surface area contributed by atoms with Crippen LogP contribution >= 0.6 is 11.3 Å². The fourth-order valence-corrected chi connectivity index (χ4v) is 1.94. The number of hydrogen-bond donors (Lipinski definition) is 1. The van der Waals surface area contributed by atoms with E-state index >= 15 is 0 Å². The standard InChI is InChI=1S/C10H5F2NO2S/c11-5-1-2-6(7(12)3-5)9-13-4-8(16-9)10(14)15/h1-4H,(H,14,15). The summed E-state index contributed by atoms with van der Waals surface area (Å²) >= 11 is 0.841. The van der Waals surface area contributed by atoms with Crippen molar-refractivity contribution in [1.82, 2.24) is 4.98 Å². The highest BCUT2D eigenvalue weighted by atomic mass is 32.1. The van der Waals surface area contributed by atoms with E-state index in [1.54, 1.807) is 0 Å². The van der Waals surface area contributed by atoms with Gasteiger partial charge in [-0.05, 0) is 12.1 Å². The SMILES string of the molecule is O=C(O)c1cnc(-c2ccc(F)cc2F)s1. The van der Waals surface area contributed by atoms with Crippen molar-refractivity contribution in [2.45, 2.75) is 0 Å². The molecule has 1 heterocycles. The molecule has 0 amide bonds. The summed E-state index contributed by atoms with van der Waals surface area (Å²) in [4.78, 5) is 14.4. The van der Waals surface area contributed by atoms with E-state index in [2.05, 4.69) is 4.98 Å². The average Bonchev–Trinajstić information content (AvgIpc) is 2.66. The minimum atomic E-state index is -1.12. The van der Waals surface area contributed by atoms with Crippen LogP contribution in [0.5, 0.6) is 0 Å². The summed E-state index contributed by atoms with van der Waals surface area (Å²) in [6, 6.07) is 3.06. The fourth-order valence-electron chi connectivity index (χ4n) is 1.16. The maximum absolute atomic E-state index is 13.3. The van der Waals surface area contributed by atoms with E-state index in [0.717, 1.165) is 29.7 Å². The van der Waals surface area contributed by atoms with Crippen molar-refractivity contribution in [2.24, 2.45) is 0 Å². The Kier molecular flexibility index (Phi) is 2.66. The van der Waals surface area contributed by atoms with Gasteiger partial charge in [0.1, 0.15) is 21.5 Å². The van der Waals surface area contributed by atoms with Crippen LogP contribution in [0.25, 0.3) is 10.6 Å². The number of carbonyl (C=O) groups is 1. The minimum absolute atomic E-state index is 0.0127. The zero-order chi connectivity index (χ0) is 11.7. The topological polar surface area (TPSA) is 50.2 Å². The first kappa shape index (κ1) is 10.7. The van der Waals surface area contributed by atoms with Gasteiger partial charge in [0.15, 0.2) is 0 Å². The van der Waals surface area contributed by atoms with Crippen LogP contribution in [-0.2, 0) is 0 Å². The molecule has 1 aromatic heterocycles.